The summed E-state index contributed by atoms with van der Waals surface area (Å²) < 4.78 is 6.13. The summed E-state index contributed by atoms with van der Waals surface area (Å²) >= 11 is 3.23. The molecule has 2 unspecified atom stereocenters. The van der Waals surface area contributed by atoms with Crippen LogP contribution in [0.4, 0.5) is 5.00 Å². The third-order valence-electron chi connectivity index (χ3n) is 3.26. The second-order valence-corrected chi connectivity index (χ2v) is 6.25. The Labute approximate surface area is 120 Å². The van der Waals surface area contributed by atoms with E-state index in [1.807, 2.05) is 23.4 Å². The zero-order valence-electron chi connectivity index (χ0n) is 10.8. The van der Waals surface area contributed by atoms with Gasteiger partial charge in [0.2, 0.25) is 0 Å². The SMILES string of the molecule is CCC(C)C1OC(c2cncs2)=CN1c1cncs1. The van der Waals surface area contributed by atoms with Gasteiger partial charge in [-0.1, -0.05) is 13.8 Å². The first-order valence-electron chi connectivity index (χ1n) is 6.23. The first kappa shape index (κ1) is 12.6. The van der Waals surface area contributed by atoms with Crippen molar-refractivity contribution < 1.29 is 4.74 Å². The van der Waals surface area contributed by atoms with Crippen LogP contribution in [0.3, 0.4) is 0 Å². The summed E-state index contributed by atoms with van der Waals surface area (Å²) in [7, 11) is 0. The molecule has 0 bridgehead atoms. The van der Waals surface area contributed by atoms with Gasteiger partial charge >= 0.3 is 0 Å². The molecule has 0 N–H and O–H groups in total. The molecule has 0 fully saturated rings. The van der Waals surface area contributed by atoms with E-state index in [9.17, 15) is 0 Å². The predicted molar refractivity (Wildman–Crippen MR) is 79.0 cm³/mol. The van der Waals surface area contributed by atoms with E-state index >= 15 is 0 Å². The van der Waals surface area contributed by atoms with Crippen LogP contribution in [0.1, 0.15) is 25.1 Å². The van der Waals surface area contributed by atoms with Crippen molar-refractivity contribution in [3.8, 4) is 0 Å². The molecule has 0 aliphatic carbocycles. The van der Waals surface area contributed by atoms with Crippen LogP contribution in [0.25, 0.3) is 5.76 Å². The van der Waals surface area contributed by atoms with Crippen molar-refractivity contribution in [2.45, 2.75) is 26.5 Å². The molecule has 3 rings (SSSR count). The minimum absolute atomic E-state index is 0.0440. The Morgan fingerprint density at radius 2 is 2.11 bits per heavy atom. The minimum atomic E-state index is 0.0440. The van der Waals surface area contributed by atoms with Crippen LogP contribution in [0.5, 0.6) is 0 Å². The van der Waals surface area contributed by atoms with E-state index in [1.54, 1.807) is 22.7 Å². The second-order valence-electron chi connectivity index (χ2n) is 4.50. The zero-order chi connectivity index (χ0) is 13.2. The lowest BCUT2D eigenvalue weighted by Gasteiger charge is -2.27. The number of aromatic nitrogens is 2. The van der Waals surface area contributed by atoms with Gasteiger partial charge in [0.15, 0.2) is 12.0 Å². The number of rotatable bonds is 4. The molecule has 1 aliphatic heterocycles. The van der Waals surface area contributed by atoms with Gasteiger partial charge < -0.3 is 4.74 Å². The zero-order valence-corrected chi connectivity index (χ0v) is 12.4. The Morgan fingerprint density at radius 3 is 2.74 bits per heavy atom. The molecule has 2 aromatic rings. The molecule has 0 aromatic carbocycles. The van der Waals surface area contributed by atoms with Gasteiger partial charge in [-0.3, -0.25) is 14.9 Å². The second kappa shape index (κ2) is 5.30. The Balaban J connectivity index is 1.92. The highest BCUT2D eigenvalue weighted by Crippen LogP contribution is 2.37. The van der Waals surface area contributed by atoms with E-state index < -0.39 is 0 Å². The number of hydrogen-bond donors (Lipinski definition) is 0. The average Bonchev–Trinajstić information content (AvgIpc) is 3.14. The summed E-state index contributed by atoms with van der Waals surface area (Å²) in [6.07, 6.45) is 6.92. The lowest BCUT2D eigenvalue weighted by Crippen LogP contribution is -2.33. The van der Waals surface area contributed by atoms with E-state index in [2.05, 4.69) is 34.9 Å². The van der Waals surface area contributed by atoms with Crippen LogP contribution in [0, 0.1) is 5.92 Å². The van der Waals surface area contributed by atoms with Gasteiger partial charge in [0, 0.05) is 12.1 Å². The fourth-order valence-corrected chi connectivity index (χ4v) is 3.20. The fourth-order valence-electron chi connectivity index (χ4n) is 1.99. The van der Waals surface area contributed by atoms with E-state index in [4.69, 9.17) is 4.74 Å². The van der Waals surface area contributed by atoms with E-state index in [0.29, 0.717) is 5.92 Å². The molecule has 4 nitrogen and oxygen atoms in total. The van der Waals surface area contributed by atoms with Crippen molar-refractivity contribution in [3.05, 3.63) is 34.5 Å². The normalized spacial score (nSPS) is 20.2. The molecule has 3 heterocycles. The van der Waals surface area contributed by atoms with Crippen molar-refractivity contribution >= 4 is 33.4 Å². The highest BCUT2D eigenvalue weighted by molar-refractivity contribution is 7.13. The summed E-state index contributed by atoms with van der Waals surface area (Å²) in [5, 5.41) is 1.12. The number of thiazole rings is 2. The lowest BCUT2D eigenvalue weighted by molar-refractivity contribution is 0.133. The molecule has 100 valence electrons. The van der Waals surface area contributed by atoms with Crippen LogP contribution in [0.15, 0.2) is 29.6 Å². The highest BCUT2D eigenvalue weighted by atomic mass is 32.1. The van der Waals surface area contributed by atoms with Gasteiger partial charge in [-0.25, -0.2) is 0 Å². The Morgan fingerprint density at radius 1 is 1.32 bits per heavy atom. The molecule has 2 atom stereocenters. The number of nitrogens with zero attached hydrogens (tertiary/aromatic N) is 3. The van der Waals surface area contributed by atoms with Crippen molar-refractivity contribution in [1.82, 2.24) is 9.97 Å². The third kappa shape index (κ3) is 2.37. The maximum Gasteiger partial charge on any atom is 0.179 e. The van der Waals surface area contributed by atoms with Crippen molar-refractivity contribution in [2.75, 3.05) is 4.90 Å². The minimum Gasteiger partial charge on any atom is -0.467 e. The van der Waals surface area contributed by atoms with Crippen LogP contribution in [-0.2, 0) is 4.74 Å². The summed E-state index contributed by atoms with van der Waals surface area (Å²) in [5.41, 5.74) is 3.68. The number of anilines is 1. The third-order valence-corrected chi connectivity index (χ3v) is 4.83. The molecule has 0 spiro atoms. The molecule has 0 radical (unpaired) electrons. The maximum atomic E-state index is 6.13. The van der Waals surface area contributed by atoms with Crippen LogP contribution < -0.4 is 4.90 Å². The van der Waals surface area contributed by atoms with Crippen LogP contribution in [-0.4, -0.2) is 16.2 Å². The van der Waals surface area contributed by atoms with Crippen molar-refractivity contribution in [3.63, 3.8) is 0 Å². The summed E-state index contributed by atoms with van der Waals surface area (Å²) in [6, 6.07) is 0. The van der Waals surface area contributed by atoms with Gasteiger partial charge in [0.25, 0.3) is 0 Å². The smallest absolute Gasteiger partial charge is 0.179 e. The van der Waals surface area contributed by atoms with E-state index in [1.165, 1.54) is 0 Å². The number of ether oxygens (including phenoxy) is 1. The first-order chi connectivity index (χ1) is 9.29. The van der Waals surface area contributed by atoms with Crippen molar-refractivity contribution in [2.24, 2.45) is 5.92 Å². The monoisotopic (exact) mass is 293 g/mol. The first-order valence-corrected chi connectivity index (χ1v) is 7.99. The lowest BCUT2D eigenvalue weighted by atomic mass is 10.1. The largest absolute Gasteiger partial charge is 0.467 e. The molecule has 19 heavy (non-hydrogen) atoms. The van der Waals surface area contributed by atoms with E-state index in [-0.39, 0.29) is 6.23 Å². The van der Waals surface area contributed by atoms with Crippen LogP contribution >= 0.6 is 22.7 Å². The molecule has 0 amide bonds. The maximum absolute atomic E-state index is 6.13. The molecular formula is C13H15N3OS2. The topological polar surface area (TPSA) is 38.2 Å². The van der Waals surface area contributed by atoms with Gasteiger partial charge in [-0.15, -0.1) is 22.7 Å². The number of hydrogen-bond acceptors (Lipinski definition) is 6. The molecular weight excluding hydrogens is 278 g/mol. The summed E-state index contributed by atoms with van der Waals surface area (Å²) in [5.74, 6) is 1.35. The van der Waals surface area contributed by atoms with E-state index in [0.717, 1.165) is 22.1 Å². The van der Waals surface area contributed by atoms with Gasteiger partial charge in [-0.05, 0) is 6.42 Å². The van der Waals surface area contributed by atoms with Gasteiger partial charge in [-0.2, -0.15) is 0 Å². The Hall–Kier alpha value is -1.40. The van der Waals surface area contributed by atoms with Gasteiger partial charge in [0.05, 0.1) is 28.3 Å². The molecule has 0 saturated heterocycles. The highest BCUT2D eigenvalue weighted by Gasteiger charge is 2.32. The fraction of sp³-hybridized carbons (Fsp3) is 0.385. The molecule has 0 saturated carbocycles. The molecule has 1 aliphatic rings. The molecule has 2 aromatic heterocycles. The Bertz CT molecular complexity index is 550. The quantitative estimate of drug-likeness (QED) is 0.859. The summed E-state index contributed by atoms with van der Waals surface area (Å²) in [6.45, 7) is 4.39. The summed E-state index contributed by atoms with van der Waals surface area (Å²) in [4.78, 5) is 11.5. The average molecular weight is 293 g/mol. The van der Waals surface area contributed by atoms with Crippen LogP contribution in [0.2, 0.25) is 0 Å². The Kier molecular flexibility index (Phi) is 3.52. The predicted octanol–water partition coefficient (Wildman–Crippen LogP) is 3.81. The van der Waals surface area contributed by atoms with Gasteiger partial charge in [0.1, 0.15) is 5.00 Å². The van der Waals surface area contributed by atoms with Crippen molar-refractivity contribution in [1.29, 1.82) is 0 Å². The molecule has 6 heteroatoms. The standard InChI is InChI=1S/C13H15N3OS2/c1-3-9(2)13-16(12-5-15-8-19-12)6-10(17-13)11-4-14-7-18-11/h4-9,13H,3H2,1-2H3.